The van der Waals surface area contributed by atoms with Crippen LogP contribution in [0.2, 0.25) is 0 Å². The van der Waals surface area contributed by atoms with Crippen LogP contribution in [0, 0.1) is 11.3 Å². The molecule has 3 aromatic heterocycles. The average Bonchev–Trinajstić information content (AvgIpc) is 3.18. The molecule has 0 aliphatic carbocycles. The summed E-state index contributed by atoms with van der Waals surface area (Å²) >= 11 is 1.49. The highest BCUT2D eigenvalue weighted by Crippen LogP contribution is 2.31. The third-order valence-corrected chi connectivity index (χ3v) is 5.52. The monoisotopic (exact) mass is 395 g/mol. The molecule has 0 saturated carbocycles. The number of ether oxygens (including phenoxy) is 1. The van der Waals surface area contributed by atoms with E-state index in [1.54, 1.807) is 18.5 Å². The van der Waals surface area contributed by atoms with E-state index in [0.29, 0.717) is 16.5 Å². The van der Waals surface area contributed by atoms with Gasteiger partial charge in [0, 0.05) is 17.8 Å². The van der Waals surface area contributed by atoms with Crippen molar-refractivity contribution in [2.24, 2.45) is 0 Å². The second-order valence-corrected chi connectivity index (χ2v) is 7.37. The van der Waals surface area contributed by atoms with Crippen LogP contribution in [0.25, 0.3) is 21.1 Å². The first-order valence-corrected chi connectivity index (χ1v) is 9.72. The third kappa shape index (κ3) is 3.37. The minimum absolute atomic E-state index is 0.187. The SMILES string of the molecule is N#CC(c1ccnc(Oc2ccc3ncccc3c2)n1)c1nc2ccccc2s1. The topological polar surface area (TPSA) is 84.6 Å². The molecule has 0 spiro atoms. The number of thiazole rings is 1. The Bertz CT molecular complexity index is 1340. The van der Waals surface area contributed by atoms with Crippen molar-refractivity contribution in [1.82, 2.24) is 19.9 Å². The van der Waals surface area contributed by atoms with Gasteiger partial charge < -0.3 is 4.74 Å². The summed E-state index contributed by atoms with van der Waals surface area (Å²) in [6.07, 6.45) is 3.34. The molecule has 2 aromatic carbocycles. The number of benzene rings is 2. The lowest BCUT2D eigenvalue weighted by Crippen LogP contribution is -2.03. The van der Waals surface area contributed by atoms with Crippen molar-refractivity contribution in [3.63, 3.8) is 0 Å². The van der Waals surface area contributed by atoms with Crippen LogP contribution in [0.1, 0.15) is 16.6 Å². The lowest BCUT2D eigenvalue weighted by Gasteiger charge is -2.08. The largest absolute Gasteiger partial charge is 0.424 e. The number of rotatable bonds is 4. The maximum Gasteiger partial charge on any atom is 0.322 e. The van der Waals surface area contributed by atoms with Crippen molar-refractivity contribution in [2.75, 3.05) is 0 Å². The fraction of sp³-hybridized carbons (Fsp3) is 0.0455. The predicted octanol–water partition coefficient (Wildman–Crippen LogP) is 5.08. The van der Waals surface area contributed by atoms with Gasteiger partial charge in [0.1, 0.15) is 16.7 Å². The van der Waals surface area contributed by atoms with Crippen LogP contribution in [0.5, 0.6) is 11.8 Å². The molecule has 5 rings (SSSR count). The van der Waals surface area contributed by atoms with E-state index < -0.39 is 5.92 Å². The molecule has 3 heterocycles. The van der Waals surface area contributed by atoms with Gasteiger partial charge in [-0.05, 0) is 42.5 Å². The van der Waals surface area contributed by atoms with Gasteiger partial charge in [0.15, 0.2) is 0 Å². The molecule has 0 fully saturated rings. The molecular formula is C22H13N5OS. The molecule has 0 radical (unpaired) electrons. The van der Waals surface area contributed by atoms with Crippen molar-refractivity contribution in [2.45, 2.75) is 5.92 Å². The third-order valence-electron chi connectivity index (χ3n) is 4.42. The number of hydrogen-bond donors (Lipinski definition) is 0. The Morgan fingerprint density at radius 1 is 0.897 bits per heavy atom. The highest BCUT2D eigenvalue weighted by atomic mass is 32.1. The van der Waals surface area contributed by atoms with Crippen LogP contribution >= 0.6 is 11.3 Å². The Labute approximate surface area is 170 Å². The van der Waals surface area contributed by atoms with Gasteiger partial charge in [-0.15, -0.1) is 11.3 Å². The zero-order valence-electron chi connectivity index (χ0n) is 15.1. The maximum atomic E-state index is 9.77. The predicted molar refractivity (Wildman–Crippen MR) is 111 cm³/mol. The van der Waals surface area contributed by atoms with E-state index in [0.717, 1.165) is 21.1 Å². The Morgan fingerprint density at radius 2 is 1.83 bits per heavy atom. The first kappa shape index (κ1) is 17.2. The van der Waals surface area contributed by atoms with Crippen LogP contribution in [0.15, 0.2) is 73.1 Å². The lowest BCUT2D eigenvalue weighted by molar-refractivity contribution is 0.440. The zero-order chi connectivity index (χ0) is 19.6. The Morgan fingerprint density at radius 3 is 2.72 bits per heavy atom. The summed E-state index contributed by atoms with van der Waals surface area (Å²) in [6, 6.07) is 21.5. The van der Waals surface area contributed by atoms with Crippen LogP contribution in [0.4, 0.5) is 0 Å². The molecule has 6 nitrogen and oxygen atoms in total. The number of para-hydroxylation sites is 1. The van der Waals surface area contributed by atoms with Gasteiger partial charge >= 0.3 is 6.01 Å². The summed E-state index contributed by atoms with van der Waals surface area (Å²) in [4.78, 5) is 17.6. The van der Waals surface area contributed by atoms with E-state index in [4.69, 9.17) is 4.74 Å². The van der Waals surface area contributed by atoms with Gasteiger partial charge in [0.2, 0.25) is 0 Å². The number of nitriles is 1. The Balaban J connectivity index is 1.46. The summed E-state index contributed by atoms with van der Waals surface area (Å²) in [5, 5.41) is 11.4. The van der Waals surface area contributed by atoms with E-state index in [-0.39, 0.29) is 6.01 Å². The fourth-order valence-corrected chi connectivity index (χ4v) is 4.07. The maximum absolute atomic E-state index is 9.77. The molecule has 1 atom stereocenters. The average molecular weight is 395 g/mol. The van der Waals surface area contributed by atoms with Crippen LogP contribution in [-0.2, 0) is 0 Å². The van der Waals surface area contributed by atoms with Crippen LogP contribution in [-0.4, -0.2) is 19.9 Å². The molecule has 0 N–H and O–H groups in total. The van der Waals surface area contributed by atoms with Crippen molar-refractivity contribution in [3.05, 3.63) is 83.8 Å². The molecule has 0 bridgehead atoms. The van der Waals surface area contributed by atoms with Gasteiger partial charge in [-0.2, -0.15) is 10.2 Å². The lowest BCUT2D eigenvalue weighted by atomic mass is 10.1. The number of fused-ring (bicyclic) bond motifs is 2. The number of nitrogens with zero attached hydrogens (tertiary/aromatic N) is 5. The summed E-state index contributed by atoms with van der Waals surface area (Å²) < 4.78 is 6.88. The Kier molecular flexibility index (Phi) is 4.31. The summed E-state index contributed by atoms with van der Waals surface area (Å²) in [6.45, 7) is 0. The molecule has 0 aliphatic heterocycles. The first-order valence-electron chi connectivity index (χ1n) is 8.91. The van der Waals surface area contributed by atoms with E-state index in [1.807, 2.05) is 54.6 Å². The summed E-state index contributed by atoms with van der Waals surface area (Å²) in [5.74, 6) is 0.0229. The van der Waals surface area contributed by atoms with E-state index >= 15 is 0 Å². The van der Waals surface area contributed by atoms with E-state index in [2.05, 4.69) is 26.0 Å². The normalized spacial score (nSPS) is 12.0. The van der Waals surface area contributed by atoms with Gasteiger partial charge in [0.05, 0.1) is 27.5 Å². The summed E-state index contributed by atoms with van der Waals surface area (Å²) in [7, 11) is 0. The molecular weight excluding hydrogens is 382 g/mol. The second-order valence-electron chi connectivity index (χ2n) is 6.31. The van der Waals surface area contributed by atoms with Crippen LogP contribution < -0.4 is 4.74 Å². The van der Waals surface area contributed by atoms with Gasteiger partial charge in [0.25, 0.3) is 0 Å². The molecule has 7 heteroatoms. The van der Waals surface area contributed by atoms with Crippen molar-refractivity contribution < 1.29 is 4.74 Å². The Hall–Kier alpha value is -3.89. The van der Waals surface area contributed by atoms with Crippen molar-refractivity contribution in [3.8, 4) is 17.8 Å². The van der Waals surface area contributed by atoms with E-state index in [1.165, 1.54) is 11.3 Å². The summed E-state index contributed by atoms with van der Waals surface area (Å²) in [5.41, 5.74) is 2.32. The minimum atomic E-state index is -0.585. The van der Waals surface area contributed by atoms with Crippen molar-refractivity contribution >= 4 is 32.5 Å². The molecule has 5 aromatic rings. The van der Waals surface area contributed by atoms with E-state index in [9.17, 15) is 5.26 Å². The first-order chi connectivity index (χ1) is 14.3. The molecule has 29 heavy (non-hydrogen) atoms. The van der Waals surface area contributed by atoms with Gasteiger partial charge in [-0.25, -0.2) is 9.97 Å². The smallest absolute Gasteiger partial charge is 0.322 e. The standard InChI is InChI=1S/C22H13N5OS/c23-13-16(21-26-19-5-1-2-6-20(19)29-21)18-9-11-25-22(27-18)28-15-7-8-17-14(12-15)4-3-10-24-17/h1-12,16H. The number of pyridine rings is 1. The quantitative estimate of drug-likeness (QED) is 0.422. The molecule has 0 aliphatic rings. The second kappa shape index (κ2) is 7.26. The van der Waals surface area contributed by atoms with Gasteiger partial charge in [-0.1, -0.05) is 18.2 Å². The molecule has 0 saturated heterocycles. The van der Waals surface area contributed by atoms with Gasteiger partial charge in [-0.3, -0.25) is 4.98 Å². The molecule has 1 unspecified atom stereocenters. The number of hydrogen-bond acceptors (Lipinski definition) is 7. The highest BCUT2D eigenvalue weighted by molar-refractivity contribution is 7.18. The molecule has 138 valence electrons. The number of aromatic nitrogens is 4. The van der Waals surface area contributed by atoms with Crippen LogP contribution in [0.3, 0.4) is 0 Å². The highest BCUT2D eigenvalue weighted by Gasteiger charge is 2.20. The molecule has 0 amide bonds. The van der Waals surface area contributed by atoms with Crippen molar-refractivity contribution in [1.29, 1.82) is 5.26 Å². The zero-order valence-corrected chi connectivity index (χ0v) is 15.9. The minimum Gasteiger partial charge on any atom is -0.424 e. The fourth-order valence-electron chi connectivity index (χ4n) is 3.05.